The molecular weight excluding hydrogens is 228 g/mol. The summed E-state index contributed by atoms with van der Waals surface area (Å²) < 4.78 is 0. The normalized spacial score (nSPS) is 9.72. The molecule has 0 radical (unpaired) electrons. The van der Waals surface area contributed by atoms with Gasteiger partial charge in [-0.2, -0.15) is 5.26 Å². The van der Waals surface area contributed by atoms with Gasteiger partial charge in [-0.05, 0) is 12.1 Å². The first-order valence-electron chi connectivity index (χ1n) is 5.55. The fourth-order valence-corrected chi connectivity index (χ4v) is 1.65. The fraction of sp³-hybridized carbons (Fsp3) is 0.154. The molecule has 2 aromatic rings. The van der Waals surface area contributed by atoms with Crippen LogP contribution in [-0.4, -0.2) is 16.5 Å². The molecule has 90 valence electrons. The number of H-pyrrole nitrogens is 1. The van der Waals surface area contributed by atoms with E-state index >= 15 is 0 Å². The topological polar surface area (TPSA) is 72.8 Å². The Bertz CT molecular complexity index is 600. The molecule has 0 aliphatic carbocycles. The standard InChI is InChI=1S/C13H12N4O/c14-7-4-8-17(11-5-2-1-3-6-11)12-9-13(18)16-10-15-12/h1-3,5-6,9-10H,4,8H2,(H,15,16,18). The number of anilines is 2. The quantitative estimate of drug-likeness (QED) is 0.884. The van der Waals surface area contributed by atoms with Crippen molar-refractivity contribution in [1.29, 1.82) is 5.26 Å². The molecule has 0 fully saturated rings. The van der Waals surface area contributed by atoms with Crippen molar-refractivity contribution in [1.82, 2.24) is 9.97 Å². The summed E-state index contributed by atoms with van der Waals surface area (Å²) in [6.07, 6.45) is 1.73. The average Bonchev–Trinajstić information content (AvgIpc) is 2.40. The molecular formula is C13H12N4O. The Kier molecular flexibility index (Phi) is 3.72. The predicted octanol–water partition coefficient (Wildman–Crippen LogP) is 1.82. The van der Waals surface area contributed by atoms with Crippen LogP contribution in [0.4, 0.5) is 11.5 Å². The Balaban J connectivity index is 2.37. The summed E-state index contributed by atoms with van der Waals surface area (Å²) >= 11 is 0. The van der Waals surface area contributed by atoms with Crippen molar-refractivity contribution in [2.24, 2.45) is 0 Å². The van der Waals surface area contributed by atoms with Crippen molar-refractivity contribution in [2.45, 2.75) is 6.42 Å². The molecule has 1 N–H and O–H groups in total. The van der Waals surface area contributed by atoms with Crippen LogP contribution < -0.4 is 10.5 Å². The van der Waals surface area contributed by atoms with Crippen LogP contribution in [0.15, 0.2) is 47.5 Å². The summed E-state index contributed by atoms with van der Waals surface area (Å²) in [6, 6.07) is 13.1. The van der Waals surface area contributed by atoms with Gasteiger partial charge in [0.2, 0.25) is 0 Å². The number of benzene rings is 1. The van der Waals surface area contributed by atoms with Crippen molar-refractivity contribution < 1.29 is 0 Å². The molecule has 0 atom stereocenters. The number of nitrogens with one attached hydrogen (secondary N) is 1. The SMILES string of the molecule is N#CCCN(c1ccccc1)c1cc(=O)[nH]cn1. The zero-order valence-electron chi connectivity index (χ0n) is 9.71. The van der Waals surface area contributed by atoms with Gasteiger partial charge in [-0.3, -0.25) is 4.79 Å². The molecule has 0 aliphatic rings. The number of hydrogen-bond donors (Lipinski definition) is 1. The first-order chi connectivity index (χ1) is 8.81. The highest BCUT2D eigenvalue weighted by atomic mass is 16.1. The molecule has 1 aromatic carbocycles. The minimum absolute atomic E-state index is 0.210. The molecule has 5 nitrogen and oxygen atoms in total. The van der Waals surface area contributed by atoms with E-state index in [2.05, 4.69) is 16.0 Å². The first kappa shape index (κ1) is 11.9. The van der Waals surface area contributed by atoms with E-state index in [0.717, 1.165) is 5.69 Å². The van der Waals surface area contributed by atoms with E-state index in [4.69, 9.17) is 5.26 Å². The van der Waals surface area contributed by atoms with Crippen LogP contribution in [0.2, 0.25) is 0 Å². The highest BCUT2D eigenvalue weighted by Gasteiger charge is 2.10. The van der Waals surface area contributed by atoms with E-state index < -0.39 is 0 Å². The van der Waals surface area contributed by atoms with E-state index in [-0.39, 0.29) is 5.56 Å². The lowest BCUT2D eigenvalue weighted by molar-refractivity contribution is 0.915. The van der Waals surface area contributed by atoms with E-state index in [1.807, 2.05) is 35.2 Å². The molecule has 0 unspecified atom stereocenters. The number of rotatable bonds is 4. The van der Waals surface area contributed by atoms with E-state index in [9.17, 15) is 4.79 Å². The Morgan fingerprint density at radius 2 is 2.11 bits per heavy atom. The summed E-state index contributed by atoms with van der Waals surface area (Å²) in [5.74, 6) is 0.542. The zero-order valence-corrected chi connectivity index (χ0v) is 9.71. The van der Waals surface area contributed by atoms with Crippen LogP contribution in [0.5, 0.6) is 0 Å². The van der Waals surface area contributed by atoms with Crippen molar-refractivity contribution >= 4 is 11.5 Å². The van der Waals surface area contributed by atoms with Gasteiger partial charge in [0.15, 0.2) is 0 Å². The third kappa shape index (κ3) is 2.74. The van der Waals surface area contributed by atoms with Crippen LogP contribution >= 0.6 is 0 Å². The zero-order chi connectivity index (χ0) is 12.8. The number of nitrogens with zero attached hydrogens (tertiary/aromatic N) is 3. The van der Waals surface area contributed by atoms with E-state index in [1.165, 1.54) is 12.4 Å². The summed E-state index contributed by atoms with van der Waals surface area (Å²) in [5.41, 5.74) is 0.698. The van der Waals surface area contributed by atoms with Gasteiger partial charge in [0.05, 0.1) is 18.8 Å². The average molecular weight is 240 g/mol. The first-order valence-corrected chi connectivity index (χ1v) is 5.55. The molecule has 0 saturated heterocycles. The summed E-state index contributed by atoms with van der Waals surface area (Å²) in [4.78, 5) is 19.8. The minimum Gasteiger partial charge on any atom is -0.325 e. The van der Waals surface area contributed by atoms with Gasteiger partial charge in [0.25, 0.3) is 5.56 Å². The van der Waals surface area contributed by atoms with Gasteiger partial charge >= 0.3 is 0 Å². The summed E-state index contributed by atoms with van der Waals surface area (Å²) in [7, 11) is 0. The van der Waals surface area contributed by atoms with Gasteiger partial charge in [-0.25, -0.2) is 4.98 Å². The number of aromatic amines is 1. The van der Waals surface area contributed by atoms with Crippen molar-refractivity contribution in [3.8, 4) is 6.07 Å². The van der Waals surface area contributed by atoms with Crippen LogP contribution in [0, 0.1) is 11.3 Å². The minimum atomic E-state index is -0.210. The molecule has 0 bridgehead atoms. The van der Waals surface area contributed by atoms with Gasteiger partial charge in [-0.1, -0.05) is 18.2 Å². The Morgan fingerprint density at radius 3 is 2.78 bits per heavy atom. The molecule has 1 heterocycles. The Morgan fingerprint density at radius 1 is 1.33 bits per heavy atom. The molecule has 5 heteroatoms. The number of para-hydroxylation sites is 1. The lowest BCUT2D eigenvalue weighted by Gasteiger charge is -2.22. The second kappa shape index (κ2) is 5.64. The molecule has 0 amide bonds. The smallest absolute Gasteiger partial charge is 0.252 e. The molecule has 0 spiro atoms. The highest BCUT2D eigenvalue weighted by molar-refractivity contribution is 5.59. The van der Waals surface area contributed by atoms with Crippen LogP contribution in [0.25, 0.3) is 0 Å². The Hall–Kier alpha value is -2.61. The Labute approximate surface area is 104 Å². The van der Waals surface area contributed by atoms with Crippen molar-refractivity contribution in [2.75, 3.05) is 11.4 Å². The maximum atomic E-state index is 11.3. The highest BCUT2D eigenvalue weighted by Crippen LogP contribution is 2.21. The number of nitriles is 1. The van der Waals surface area contributed by atoms with Crippen molar-refractivity contribution in [3.63, 3.8) is 0 Å². The lowest BCUT2D eigenvalue weighted by atomic mass is 10.2. The van der Waals surface area contributed by atoms with E-state index in [1.54, 1.807) is 0 Å². The molecule has 0 saturated carbocycles. The van der Waals surface area contributed by atoms with Crippen LogP contribution in [0.1, 0.15) is 6.42 Å². The van der Waals surface area contributed by atoms with E-state index in [0.29, 0.717) is 18.8 Å². The number of aromatic nitrogens is 2. The summed E-state index contributed by atoms with van der Waals surface area (Å²) in [5, 5.41) is 8.70. The second-order valence-electron chi connectivity index (χ2n) is 3.66. The second-order valence-corrected chi connectivity index (χ2v) is 3.66. The lowest BCUT2D eigenvalue weighted by Crippen LogP contribution is -2.21. The van der Waals surface area contributed by atoms with Gasteiger partial charge in [0, 0.05) is 18.3 Å². The van der Waals surface area contributed by atoms with Crippen molar-refractivity contribution in [3.05, 3.63) is 53.1 Å². The molecule has 2 rings (SSSR count). The molecule has 0 aliphatic heterocycles. The summed E-state index contributed by atoms with van der Waals surface area (Å²) in [6.45, 7) is 0.497. The number of hydrogen-bond acceptors (Lipinski definition) is 4. The monoisotopic (exact) mass is 240 g/mol. The third-order valence-electron chi connectivity index (χ3n) is 2.46. The van der Waals surface area contributed by atoms with Crippen LogP contribution in [-0.2, 0) is 0 Å². The van der Waals surface area contributed by atoms with Gasteiger partial charge in [0.1, 0.15) is 5.82 Å². The third-order valence-corrected chi connectivity index (χ3v) is 2.46. The van der Waals surface area contributed by atoms with Gasteiger partial charge in [-0.15, -0.1) is 0 Å². The predicted molar refractivity (Wildman–Crippen MR) is 68.5 cm³/mol. The van der Waals surface area contributed by atoms with Gasteiger partial charge < -0.3 is 9.88 Å². The van der Waals surface area contributed by atoms with Crippen LogP contribution in [0.3, 0.4) is 0 Å². The maximum absolute atomic E-state index is 11.3. The molecule has 1 aromatic heterocycles. The molecule has 18 heavy (non-hydrogen) atoms. The largest absolute Gasteiger partial charge is 0.325 e. The maximum Gasteiger partial charge on any atom is 0.252 e. The fourth-order valence-electron chi connectivity index (χ4n) is 1.65.